The maximum atomic E-state index is 13.1. The number of halogens is 2. The molecule has 0 radical (unpaired) electrons. The van der Waals surface area contributed by atoms with Crippen LogP contribution >= 0.6 is 0 Å². The van der Waals surface area contributed by atoms with Gasteiger partial charge in [0.15, 0.2) is 11.6 Å². The van der Waals surface area contributed by atoms with Gasteiger partial charge in [-0.1, -0.05) is 0 Å². The van der Waals surface area contributed by atoms with Crippen molar-refractivity contribution < 1.29 is 27.9 Å². The standard InChI is InChI=1S/C18H17F2N3O4/c1-27-13-5-2-11(3-6-13)18(26)22-9-16(24)21-10-17(25)23-12-4-7-14(19)15(20)8-12/h2-8H,9-10H2,1H3,(H,21,24)(H,22,26)(H,23,25). The molecule has 0 spiro atoms. The second-order valence-electron chi connectivity index (χ2n) is 5.36. The van der Waals surface area contributed by atoms with Gasteiger partial charge in [0.2, 0.25) is 11.8 Å². The first-order chi connectivity index (χ1) is 12.9. The Balaban J connectivity index is 1.74. The fourth-order valence-corrected chi connectivity index (χ4v) is 2.03. The van der Waals surface area contributed by atoms with Gasteiger partial charge in [0.05, 0.1) is 20.2 Å². The summed E-state index contributed by atoms with van der Waals surface area (Å²) in [6, 6.07) is 9.19. The summed E-state index contributed by atoms with van der Waals surface area (Å²) in [6.45, 7) is -0.723. The number of nitrogens with one attached hydrogen (secondary N) is 3. The fraction of sp³-hybridized carbons (Fsp3) is 0.167. The molecule has 0 atom stereocenters. The van der Waals surface area contributed by atoms with E-state index in [0.29, 0.717) is 11.3 Å². The van der Waals surface area contributed by atoms with E-state index in [-0.39, 0.29) is 12.2 Å². The van der Waals surface area contributed by atoms with Crippen molar-refractivity contribution in [1.29, 1.82) is 0 Å². The zero-order chi connectivity index (χ0) is 19.8. The highest BCUT2D eigenvalue weighted by molar-refractivity contribution is 5.98. The molecule has 9 heteroatoms. The molecule has 0 aliphatic heterocycles. The van der Waals surface area contributed by atoms with Crippen LogP contribution in [0.5, 0.6) is 5.75 Å². The average Bonchev–Trinajstić information content (AvgIpc) is 2.67. The van der Waals surface area contributed by atoms with Crippen molar-refractivity contribution in [2.24, 2.45) is 0 Å². The average molecular weight is 377 g/mol. The Morgan fingerprint density at radius 3 is 2.19 bits per heavy atom. The Morgan fingerprint density at radius 1 is 0.889 bits per heavy atom. The van der Waals surface area contributed by atoms with Crippen LogP contribution in [0, 0.1) is 11.6 Å². The number of hydrogen-bond donors (Lipinski definition) is 3. The molecule has 0 aliphatic carbocycles. The molecule has 142 valence electrons. The summed E-state index contributed by atoms with van der Waals surface area (Å²) in [7, 11) is 1.50. The third-order valence-electron chi connectivity index (χ3n) is 3.41. The summed E-state index contributed by atoms with van der Waals surface area (Å²) in [6.07, 6.45) is 0. The van der Waals surface area contributed by atoms with Gasteiger partial charge >= 0.3 is 0 Å². The molecular formula is C18H17F2N3O4. The number of carbonyl (C=O) groups is 3. The number of anilines is 1. The molecule has 27 heavy (non-hydrogen) atoms. The number of benzene rings is 2. The van der Waals surface area contributed by atoms with Crippen molar-refractivity contribution in [1.82, 2.24) is 10.6 Å². The van der Waals surface area contributed by atoms with Crippen molar-refractivity contribution in [3.8, 4) is 5.75 Å². The summed E-state index contributed by atoms with van der Waals surface area (Å²) >= 11 is 0. The summed E-state index contributed by atoms with van der Waals surface area (Å²) < 4.78 is 30.9. The third kappa shape index (κ3) is 6.07. The maximum absolute atomic E-state index is 13.1. The van der Waals surface area contributed by atoms with Crippen molar-refractivity contribution in [3.63, 3.8) is 0 Å². The Morgan fingerprint density at radius 2 is 1.56 bits per heavy atom. The molecule has 0 fully saturated rings. The molecule has 0 bridgehead atoms. The van der Waals surface area contributed by atoms with Crippen LogP contribution in [-0.2, 0) is 9.59 Å². The smallest absolute Gasteiger partial charge is 0.251 e. The van der Waals surface area contributed by atoms with Gasteiger partial charge in [0.1, 0.15) is 5.75 Å². The molecule has 7 nitrogen and oxygen atoms in total. The third-order valence-corrected chi connectivity index (χ3v) is 3.41. The molecule has 0 aromatic heterocycles. The summed E-state index contributed by atoms with van der Waals surface area (Å²) in [5.74, 6) is -3.21. The normalized spacial score (nSPS) is 10.0. The van der Waals surface area contributed by atoms with Gasteiger partial charge in [0, 0.05) is 17.3 Å². The van der Waals surface area contributed by atoms with E-state index in [9.17, 15) is 23.2 Å². The number of rotatable bonds is 7. The van der Waals surface area contributed by atoms with E-state index in [1.807, 2.05) is 0 Å². The van der Waals surface area contributed by atoms with Gasteiger partial charge in [-0.25, -0.2) is 8.78 Å². The number of carbonyl (C=O) groups excluding carboxylic acids is 3. The number of methoxy groups -OCH3 is 1. The fourth-order valence-electron chi connectivity index (χ4n) is 2.03. The maximum Gasteiger partial charge on any atom is 0.251 e. The molecule has 0 saturated carbocycles. The van der Waals surface area contributed by atoms with E-state index in [1.165, 1.54) is 13.2 Å². The monoisotopic (exact) mass is 377 g/mol. The second kappa shape index (κ2) is 9.27. The van der Waals surface area contributed by atoms with Gasteiger partial charge in [-0.15, -0.1) is 0 Å². The van der Waals surface area contributed by atoms with Crippen LogP contribution in [0.25, 0.3) is 0 Å². The molecule has 2 rings (SSSR count). The summed E-state index contributed by atoms with van der Waals surface area (Å²) in [5.41, 5.74) is 0.403. The minimum Gasteiger partial charge on any atom is -0.497 e. The first kappa shape index (κ1) is 19.8. The lowest BCUT2D eigenvalue weighted by Crippen LogP contribution is -2.40. The lowest BCUT2D eigenvalue weighted by atomic mass is 10.2. The van der Waals surface area contributed by atoms with Gasteiger partial charge in [-0.2, -0.15) is 0 Å². The van der Waals surface area contributed by atoms with Gasteiger partial charge in [-0.05, 0) is 36.4 Å². The Labute approximate surface area is 153 Å². The van der Waals surface area contributed by atoms with E-state index < -0.39 is 35.9 Å². The van der Waals surface area contributed by atoms with Crippen molar-refractivity contribution in [2.45, 2.75) is 0 Å². The van der Waals surface area contributed by atoms with Crippen LogP contribution in [0.1, 0.15) is 10.4 Å². The molecule has 0 aliphatic rings. The topological polar surface area (TPSA) is 96.5 Å². The minimum absolute atomic E-state index is 0.0564. The quantitative estimate of drug-likeness (QED) is 0.681. The highest BCUT2D eigenvalue weighted by atomic mass is 19.2. The molecular weight excluding hydrogens is 360 g/mol. The zero-order valence-electron chi connectivity index (χ0n) is 14.3. The first-order valence-electron chi connectivity index (χ1n) is 7.83. The largest absolute Gasteiger partial charge is 0.497 e. The van der Waals surface area contributed by atoms with Crippen LogP contribution < -0.4 is 20.7 Å². The molecule has 0 saturated heterocycles. The van der Waals surface area contributed by atoms with Crippen LogP contribution in [-0.4, -0.2) is 37.9 Å². The molecule has 3 N–H and O–H groups in total. The number of ether oxygens (including phenoxy) is 1. The molecule has 2 aromatic rings. The highest BCUT2D eigenvalue weighted by Gasteiger charge is 2.10. The van der Waals surface area contributed by atoms with Crippen molar-refractivity contribution in [3.05, 3.63) is 59.7 Å². The minimum atomic E-state index is -1.10. The summed E-state index contributed by atoms with van der Waals surface area (Å²) in [5, 5.41) is 7.02. The van der Waals surface area contributed by atoms with E-state index in [4.69, 9.17) is 4.74 Å². The molecule has 2 aromatic carbocycles. The number of hydrogen-bond acceptors (Lipinski definition) is 4. The lowest BCUT2D eigenvalue weighted by molar-refractivity contribution is -0.123. The van der Waals surface area contributed by atoms with Crippen LogP contribution in [0.15, 0.2) is 42.5 Å². The van der Waals surface area contributed by atoms with E-state index >= 15 is 0 Å². The second-order valence-corrected chi connectivity index (χ2v) is 5.36. The van der Waals surface area contributed by atoms with Crippen LogP contribution in [0.3, 0.4) is 0 Å². The predicted octanol–water partition coefficient (Wildman–Crippen LogP) is 1.46. The Hall–Kier alpha value is -3.49. The molecule has 3 amide bonds. The van der Waals surface area contributed by atoms with Crippen molar-refractivity contribution >= 4 is 23.4 Å². The van der Waals surface area contributed by atoms with Crippen molar-refractivity contribution in [2.75, 3.05) is 25.5 Å². The first-order valence-corrected chi connectivity index (χ1v) is 7.83. The SMILES string of the molecule is COc1ccc(C(=O)NCC(=O)NCC(=O)Nc2ccc(F)c(F)c2)cc1. The van der Waals surface area contributed by atoms with Gasteiger partial charge in [0.25, 0.3) is 5.91 Å². The Kier molecular flexibility index (Phi) is 6.81. The van der Waals surface area contributed by atoms with Gasteiger partial charge in [-0.3, -0.25) is 14.4 Å². The van der Waals surface area contributed by atoms with Crippen LogP contribution in [0.4, 0.5) is 14.5 Å². The van der Waals surface area contributed by atoms with E-state index in [2.05, 4.69) is 16.0 Å². The lowest BCUT2D eigenvalue weighted by Gasteiger charge is -2.08. The molecule has 0 heterocycles. The highest BCUT2D eigenvalue weighted by Crippen LogP contribution is 2.13. The van der Waals surface area contributed by atoms with Crippen LogP contribution in [0.2, 0.25) is 0 Å². The Bertz CT molecular complexity index is 841. The van der Waals surface area contributed by atoms with E-state index in [1.54, 1.807) is 24.3 Å². The summed E-state index contributed by atoms with van der Waals surface area (Å²) in [4.78, 5) is 35.3. The molecule has 0 unspecified atom stereocenters. The predicted molar refractivity (Wildman–Crippen MR) is 93.3 cm³/mol. The van der Waals surface area contributed by atoms with Gasteiger partial charge < -0.3 is 20.7 Å². The van der Waals surface area contributed by atoms with E-state index in [0.717, 1.165) is 12.1 Å². The number of amides is 3. The zero-order valence-corrected chi connectivity index (χ0v) is 14.3.